The number of hydrogen-bond donors (Lipinski definition) is 1. The molecule has 130 valence electrons. The summed E-state index contributed by atoms with van der Waals surface area (Å²) in [7, 11) is 1.92. The third-order valence-corrected chi connectivity index (χ3v) is 5.47. The van der Waals surface area contributed by atoms with Crippen LogP contribution in [0.15, 0.2) is 4.99 Å². The van der Waals surface area contributed by atoms with Crippen LogP contribution in [0.2, 0.25) is 0 Å². The lowest BCUT2D eigenvalue weighted by Gasteiger charge is -2.33. The monoisotopic (exact) mass is 422 g/mol. The van der Waals surface area contributed by atoms with Crippen molar-refractivity contribution in [3.8, 4) is 0 Å². The van der Waals surface area contributed by atoms with Gasteiger partial charge in [-0.05, 0) is 37.8 Å². The predicted molar refractivity (Wildman–Crippen MR) is 106 cm³/mol. The molecule has 0 amide bonds. The van der Waals surface area contributed by atoms with E-state index < -0.39 is 0 Å². The largest absolute Gasteiger partial charge is 0.355 e. The van der Waals surface area contributed by atoms with Gasteiger partial charge < -0.3 is 15.1 Å². The van der Waals surface area contributed by atoms with E-state index in [0.29, 0.717) is 5.41 Å². The second-order valence-electron chi connectivity index (χ2n) is 6.73. The van der Waals surface area contributed by atoms with E-state index in [1.54, 1.807) is 0 Å². The van der Waals surface area contributed by atoms with Crippen molar-refractivity contribution < 1.29 is 0 Å². The van der Waals surface area contributed by atoms with Crippen molar-refractivity contribution in [2.45, 2.75) is 52.4 Å². The number of hydrogen-bond acceptors (Lipinski definition) is 2. The molecule has 0 atom stereocenters. The van der Waals surface area contributed by atoms with Gasteiger partial charge in [0.2, 0.25) is 0 Å². The molecule has 0 aromatic carbocycles. The van der Waals surface area contributed by atoms with Crippen LogP contribution in [-0.4, -0.2) is 62.1 Å². The average molecular weight is 422 g/mol. The maximum atomic E-state index is 4.51. The lowest BCUT2D eigenvalue weighted by Crippen LogP contribution is -2.44. The van der Waals surface area contributed by atoms with Gasteiger partial charge in [0.15, 0.2) is 5.96 Å². The first kappa shape index (κ1) is 20.0. The normalized spacial score (nSPS) is 21.3. The topological polar surface area (TPSA) is 30.9 Å². The molecule has 1 heterocycles. The molecule has 0 aromatic heterocycles. The molecule has 4 nitrogen and oxygen atoms in total. The van der Waals surface area contributed by atoms with Crippen LogP contribution in [0.25, 0.3) is 0 Å². The average Bonchev–Trinajstić information content (AvgIpc) is 2.92. The molecule has 0 bridgehead atoms. The summed E-state index contributed by atoms with van der Waals surface area (Å²) in [6.45, 7) is 11.2. The molecule has 0 unspecified atom stereocenters. The van der Waals surface area contributed by atoms with Crippen LogP contribution in [-0.2, 0) is 0 Å². The fourth-order valence-electron chi connectivity index (χ4n) is 4.02. The highest BCUT2D eigenvalue weighted by Crippen LogP contribution is 2.43. The van der Waals surface area contributed by atoms with Crippen LogP contribution < -0.4 is 5.32 Å². The zero-order chi connectivity index (χ0) is 15.1. The second-order valence-corrected chi connectivity index (χ2v) is 6.73. The minimum Gasteiger partial charge on any atom is -0.355 e. The molecule has 2 aliphatic rings. The number of rotatable bonds is 5. The summed E-state index contributed by atoms with van der Waals surface area (Å²) >= 11 is 0. The fraction of sp³-hybridized carbons (Fsp3) is 0.941. The minimum atomic E-state index is 0. The van der Waals surface area contributed by atoms with Crippen molar-refractivity contribution in [3.63, 3.8) is 0 Å². The second kappa shape index (κ2) is 9.96. The van der Waals surface area contributed by atoms with Crippen molar-refractivity contribution in [1.29, 1.82) is 0 Å². The molecule has 0 radical (unpaired) electrons. The lowest BCUT2D eigenvalue weighted by atomic mass is 9.73. The molecular formula is C17H35IN4. The van der Waals surface area contributed by atoms with Crippen LogP contribution in [0.1, 0.15) is 52.4 Å². The molecule has 5 heteroatoms. The van der Waals surface area contributed by atoms with E-state index in [-0.39, 0.29) is 24.0 Å². The Labute approximate surface area is 154 Å². The molecule has 2 fully saturated rings. The van der Waals surface area contributed by atoms with Gasteiger partial charge >= 0.3 is 0 Å². The third-order valence-electron chi connectivity index (χ3n) is 5.47. The summed E-state index contributed by atoms with van der Waals surface area (Å²) < 4.78 is 0. The summed E-state index contributed by atoms with van der Waals surface area (Å²) in [6.07, 6.45) is 8.53. The van der Waals surface area contributed by atoms with Gasteiger partial charge in [0.25, 0.3) is 0 Å². The summed E-state index contributed by atoms with van der Waals surface area (Å²) in [5.41, 5.74) is 0.606. The van der Waals surface area contributed by atoms with E-state index in [9.17, 15) is 0 Å². The van der Waals surface area contributed by atoms with E-state index in [0.717, 1.165) is 32.1 Å². The Morgan fingerprint density at radius 1 is 1.14 bits per heavy atom. The first-order valence-corrected chi connectivity index (χ1v) is 8.91. The predicted octanol–water partition coefficient (Wildman–Crippen LogP) is 3.18. The first-order valence-electron chi connectivity index (χ1n) is 8.91. The number of aliphatic imine (C=N–C) groups is 1. The first-order chi connectivity index (χ1) is 10.2. The molecular weight excluding hydrogens is 387 g/mol. The number of likely N-dealkylation sites (N-methyl/N-ethyl adjacent to an activating group) is 1. The van der Waals surface area contributed by atoms with Gasteiger partial charge in [-0.1, -0.05) is 33.1 Å². The van der Waals surface area contributed by atoms with Crippen molar-refractivity contribution in [3.05, 3.63) is 0 Å². The summed E-state index contributed by atoms with van der Waals surface area (Å²) in [5, 5.41) is 3.57. The van der Waals surface area contributed by atoms with Crippen LogP contribution in [0.4, 0.5) is 0 Å². The van der Waals surface area contributed by atoms with Crippen molar-refractivity contribution in [2.24, 2.45) is 10.4 Å². The van der Waals surface area contributed by atoms with E-state index in [2.05, 4.69) is 34.0 Å². The van der Waals surface area contributed by atoms with Gasteiger partial charge in [-0.2, -0.15) is 0 Å². The van der Waals surface area contributed by atoms with Gasteiger partial charge in [-0.15, -0.1) is 24.0 Å². The number of nitrogens with zero attached hydrogens (tertiary/aromatic N) is 3. The Morgan fingerprint density at radius 3 is 2.41 bits per heavy atom. The van der Waals surface area contributed by atoms with Crippen molar-refractivity contribution in [1.82, 2.24) is 15.1 Å². The minimum absolute atomic E-state index is 0. The number of halogens is 1. The summed E-state index contributed by atoms with van der Waals surface area (Å²) in [4.78, 5) is 9.45. The molecule has 1 saturated carbocycles. The summed E-state index contributed by atoms with van der Waals surface area (Å²) in [6, 6.07) is 0. The highest BCUT2D eigenvalue weighted by Gasteiger charge is 2.39. The molecule has 2 rings (SSSR count). The van der Waals surface area contributed by atoms with Crippen LogP contribution in [0.5, 0.6) is 0 Å². The Bertz CT molecular complexity index is 336. The van der Waals surface area contributed by atoms with E-state index in [1.807, 2.05) is 7.05 Å². The van der Waals surface area contributed by atoms with Gasteiger partial charge in [0, 0.05) is 33.2 Å². The van der Waals surface area contributed by atoms with Crippen LogP contribution in [0, 0.1) is 5.41 Å². The SMILES string of the molecule is CCN(CC)CCNC(=NC)N1CCC2(CCCCC2)C1.I. The van der Waals surface area contributed by atoms with Gasteiger partial charge in [-0.25, -0.2) is 0 Å². The Hall–Kier alpha value is -0.0400. The van der Waals surface area contributed by atoms with Gasteiger partial charge in [0.05, 0.1) is 0 Å². The van der Waals surface area contributed by atoms with Crippen LogP contribution >= 0.6 is 24.0 Å². The Kier molecular flexibility index (Phi) is 9.05. The molecule has 1 aliphatic carbocycles. The molecule has 1 N–H and O–H groups in total. The number of likely N-dealkylation sites (tertiary alicyclic amines) is 1. The highest BCUT2D eigenvalue weighted by atomic mass is 127. The number of guanidine groups is 1. The standard InChI is InChI=1S/C17H34N4.HI/c1-4-20(5-2)14-12-19-16(18-3)21-13-11-17(15-21)9-7-6-8-10-17;/h4-15H2,1-3H3,(H,18,19);1H. The maximum Gasteiger partial charge on any atom is 0.193 e. The third kappa shape index (κ3) is 5.25. The molecule has 1 aliphatic heterocycles. The Balaban J connectivity index is 0.00000242. The zero-order valence-corrected chi connectivity index (χ0v) is 17.1. The smallest absolute Gasteiger partial charge is 0.193 e. The van der Waals surface area contributed by atoms with E-state index in [4.69, 9.17) is 0 Å². The molecule has 22 heavy (non-hydrogen) atoms. The maximum absolute atomic E-state index is 4.51. The van der Waals surface area contributed by atoms with Crippen molar-refractivity contribution in [2.75, 3.05) is 46.3 Å². The van der Waals surface area contributed by atoms with Gasteiger partial charge in [0.1, 0.15) is 0 Å². The zero-order valence-electron chi connectivity index (χ0n) is 14.7. The number of nitrogens with one attached hydrogen (secondary N) is 1. The van der Waals surface area contributed by atoms with E-state index >= 15 is 0 Å². The van der Waals surface area contributed by atoms with Crippen molar-refractivity contribution >= 4 is 29.9 Å². The van der Waals surface area contributed by atoms with Crippen LogP contribution in [0.3, 0.4) is 0 Å². The molecule has 1 spiro atoms. The lowest BCUT2D eigenvalue weighted by molar-refractivity contribution is 0.203. The summed E-state index contributed by atoms with van der Waals surface area (Å²) in [5.74, 6) is 1.12. The molecule has 0 aromatic rings. The van der Waals surface area contributed by atoms with E-state index in [1.165, 1.54) is 51.6 Å². The quantitative estimate of drug-likeness (QED) is 0.420. The highest BCUT2D eigenvalue weighted by molar-refractivity contribution is 14.0. The Morgan fingerprint density at radius 2 is 1.82 bits per heavy atom. The van der Waals surface area contributed by atoms with Gasteiger partial charge in [-0.3, -0.25) is 4.99 Å². The fourth-order valence-corrected chi connectivity index (χ4v) is 4.02. The molecule has 1 saturated heterocycles.